The van der Waals surface area contributed by atoms with Crippen LogP contribution >= 0.6 is 24.0 Å². The number of aromatic amines is 1. The molecule has 28 heavy (non-hydrogen) atoms. The van der Waals surface area contributed by atoms with Gasteiger partial charge in [-0.05, 0) is 48.9 Å². The van der Waals surface area contributed by atoms with E-state index in [9.17, 15) is 4.79 Å². The van der Waals surface area contributed by atoms with Gasteiger partial charge in [-0.1, -0.05) is 12.1 Å². The number of benzene rings is 1. The van der Waals surface area contributed by atoms with Crippen LogP contribution in [0.15, 0.2) is 71.9 Å². The number of hydrogen-bond acceptors (Lipinski definition) is 4. The van der Waals surface area contributed by atoms with E-state index in [0.29, 0.717) is 6.54 Å². The molecule has 0 bridgehead atoms. The first kappa shape index (κ1) is 18.7. The van der Waals surface area contributed by atoms with Gasteiger partial charge in [-0.3, -0.25) is 9.89 Å². The zero-order valence-corrected chi connectivity index (χ0v) is 17.1. The number of thiol groups is 1. The molecule has 4 aromatic rings. The van der Waals surface area contributed by atoms with Gasteiger partial charge in [-0.15, -0.1) is 24.0 Å². The fourth-order valence-corrected chi connectivity index (χ4v) is 4.14. The Hall–Kier alpha value is -2.70. The summed E-state index contributed by atoms with van der Waals surface area (Å²) in [4.78, 5) is 15.4. The number of aryl methyl sites for hydroxylation is 1. The minimum atomic E-state index is 0.120. The van der Waals surface area contributed by atoms with Gasteiger partial charge in [0.25, 0.3) is 0 Å². The lowest BCUT2D eigenvalue weighted by Gasteiger charge is -1.99. The predicted molar refractivity (Wildman–Crippen MR) is 114 cm³/mol. The topological polar surface area (TPSA) is 49.6 Å². The highest BCUT2D eigenvalue weighted by Gasteiger charge is 2.15. The van der Waals surface area contributed by atoms with Gasteiger partial charge < -0.3 is 0 Å². The summed E-state index contributed by atoms with van der Waals surface area (Å²) in [6.07, 6.45) is 4.64. The minimum Gasteiger partial charge on any atom is -0.286 e. The van der Waals surface area contributed by atoms with Crippen molar-refractivity contribution in [3.05, 3.63) is 88.0 Å². The average molecular weight is 407 g/mol. The zero-order valence-electron chi connectivity index (χ0n) is 15.4. The van der Waals surface area contributed by atoms with Crippen LogP contribution in [0.5, 0.6) is 0 Å². The highest BCUT2D eigenvalue weighted by molar-refractivity contribution is 7.80. The van der Waals surface area contributed by atoms with Crippen molar-refractivity contribution < 1.29 is 9.36 Å². The molecule has 0 aliphatic rings. The zero-order chi connectivity index (χ0) is 19.5. The summed E-state index contributed by atoms with van der Waals surface area (Å²) in [5.41, 5.74) is 4.06. The molecular formula is C22H20N3OS2+. The second-order valence-corrected chi connectivity index (χ2v) is 8.53. The van der Waals surface area contributed by atoms with Gasteiger partial charge in [-0.2, -0.15) is 9.67 Å². The minimum absolute atomic E-state index is 0.120. The fourth-order valence-electron chi connectivity index (χ4n) is 3.09. The van der Waals surface area contributed by atoms with Gasteiger partial charge in [0, 0.05) is 28.0 Å². The van der Waals surface area contributed by atoms with Crippen molar-refractivity contribution in [3.8, 4) is 11.3 Å². The molecule has 140 valence electrons. The first-order chi connectivity index (χ1) is 13.6. The number of aromatic nitrogens is 3. The van der Waals surface area contributed by atoms with Crippen LogP contribution in [0.2, 0.25) is 0 Å². The maximum absolute atomic E-state index is 12.5. The van der Waals surface area contributed by atoms with Crippen LogP contribution in [-0.4, -0.2) is 16.0 Å². The Balaban J connectivity index is 1.50. The number of carbonyl (C=O) groups excluding carboxylic acids is 1. The molecule has 0 unspecified atom stereocenters. The third kappa shape index (κ3) is 4.40. The molecule has 0 spiro atoms. The summed E-state index contributed by atoms with van der Waals surface area (Å²) in [5, 5.41) is 7.56. The Morgan fingerprint density at radius 1 is 1.18 bits per heavy atom. The number of ketones is 1. The second-order valence-electron chi connectivity index (χ2n) is 6.72. The van der Waals surface area contributed by atoms with E-state index in [4.69, 9.17) is 0 Å². The number of nitrogens with one attached hydrogen (secondary N) is 1. The molecule has 0 saturated carbocycles. The standard InChI is InChI=1S/C22H19N3OS2/c1-15-7-8-22(28-15)21(26)14-25-9-3-5-17(13-25)20-12-18(23-24-20)10-16-4-2-6-19(27)11-16/h2-9,11-13H,10,14H2,1H3,(H-,23,24,27)/p+1. The molecular weight excluding hydrogens is 386 g/mol. The SMILES string of the molecule is Cc1ccc(C(=O)C[n+]2cccc(-c3cc(Cc4cccc(S)c4)[nH]n3)c2)s1. The molecule has 1 N–H and O–H groups in total. The quantitative estimate of drug-likeness (QED) is 0.281. The van der Waals surface area contributed by atoms with Gasteiger partial charge in [0.05, 0.1) is 16.1 Å². The Kier molecular flexibility index (Phi) is 5.41. The summed E-state index contributed by atoms with van der Waals surface area (Å²) in [7, 11) is 0. The van der Waals surface area contributed by atoms with Gasteiger partial charge in [-0.25, -0.2) is 0 Å². The smallest absolute Gasteiger partial charge is 0.237 e. The van der Waals surface area contributed by atoms with Crippen molar-refractivity contribution in [2.75, 3.05) is 0 Å². The van der Waals surface area contributed by atoms with E-state index in [1.54, 1.807) is 0 Å². The molecule has 3 heterocycles. The Bertz CT molecular complexity index is 1130. The molecule has 4 rings (SSSR count). The van der Waals surface area contributed by atoms with Crippen LogP contribution in [0.3, 0.4) is 0 Å². The molecule has 6 heteroatoms. The van der Waals surface area contributed by atoms with Crippen LogP contribution in [0.1, 0.15) is 25.8 Å². The number of hydrogen-bond donors (Lipinski definition) is 2. The highest BCUT2D eigenvalue weighted by Crippen LogP contribution is 2.19. The summed E-state index contributed by atoms with van der Waals surface area (Å²) >= 11 is 5.93. The van der Waals surface area contributed by atoms with E-state index in [1.165, 1.54) is 16.9 Å². The number of thiophene rings is 1. The van der Waals surface area contributed by atoms with E-state index in [2.05, 4.69) is 41.0 Å². The van der Waals surface area contributed by atoms with Crippen LogP contribution in [0.4, 0.5) is 0 Å². The number of nitrogens with zero attached hydrogens (tertiary/aromatic N) is 2. The van der Waals surface area contributed by atoms with E-state index in [1.807, 2.05) is 60.3 Å². The molecule has 1 aromatic carbocycles. The van der Waals surface area contributed by atoms with Crippen molar-refractivity contribution in [2.45, 2.75) is 24.8 Å². The normalized spacial score (nSPS) is 10.9. The van der Waals surface area contributed by atoms with E-state index in [0.717, 1.165) is 38.0 Å². The molecule has 0 amide bonds. The van der Waals surface area contributed by atoms with Crippen molar-refractivity contribution in [1.82, 2.24) is 10.2 Å². The molecule has 0 atom stereocenters. The van der Waals surface area contributed by atoms with E-state index < -0.39 is 0 Å². The maximum atomic E-state index is 12.5. The lowest BCUT2D eigenvalue weighted by molar-refractivity contribution is -0.682. The fraction of sp³-hybridized carbons (Fsp3) is 0.136. The van der Waals surface area contributed by atoms with Crippen LogP contribution in [0, 0.1) is 6.92 Å². The number of pyridine rings is 1. The van der Waals surface area contributed by atoms with Gasteiger partial charge in [0.15, 0.2) is 12.4 Å². The summed E-state index contributed by atoms with van der Waals surface area (Å²) in [5.74, 6) is 0.120. The first-order valence-electron chi connectivity index (χ1n) is 8.98. The number of Topliss-reactive ketones (excluding diaryl/α,β-unsaturated/α-hetero) is 1. The number of rotatable bonds is 6. The maximum Gasteiger partial charge on any atom is 0.237 e. The van der Waals surface area contributed by atoms with E-state index >= 15 is 0 Å². The molecule has 4 nitrogen and oxygen atoms in total. The lowest BCUT2D eigenvalue weighted by Crippen LogP contribution is -2.37. The molecule has 0 fully saturated rings. The Morgan fingerprint density at radius 3 is 2.86 bits per heavy atom. The predicted octanol–water partition coefficient (Wildman–Crippen LogP) is 4.50. The average Bonchev–Trinajstić information content (AvgIpc) is 3.31. The molecule has 3 aromatic heterocycles. The second kappa shape index (κ2) is 8.12. The van der Waals surface area contributed by atoms with Crippen molar-refractivity contribution in [1.29, 1.82) is 0 Å². The Labute approximate surface area is 173 Å². The highest BCUT2D eigenvalue weighted by atomic mass is 32.1. The summed E-state index contributed by atoms with van der Waals surface area (Å²) < 4.78 is 1.91. The molecule has 0 radical (unpaired) electrons. The Morgan fingerprint density at radius 2 is 2.07 bits per heavy atom. The van der Waals surface area contributed by atoms with Gasteiger partial charge in [0.1, 0.15) is 0 Å². The number of carbonyl (C=O) groups is 1. The summed E-state index contributed by atoms with van der Waals surface area (Å²) in [6.45, 7) is 2.33. The monoisotopic (exact) mass is 406 g/mol. The van der Waals surface area contributed by atoms with E-state index in [-0.39, 0.29) is 5.78 Å². The van der Waals surface area contributed by atoms with Crippen LogP contribution < -0.4 is 4.57 Å². The van der Waals surface area contributed by atoms with Crippen LogP contribution in [0.25, 0.3) is 11.3 Å². The van der Waals surface area contributed by atoms with Crippen LogP contribution in [-0.2, 0) is 13.0 Å². The largest absolute Gasteiger partial charge is 0.286 e. The third-order valence-electron chi connectivity index (χ3n) is 4.43. The molecule has 0 aliphatic carbocycles. The first-order valence-corrected chi connectivity index (χ1v) is 10.2. The van der Waals surface area contributed by atoms with Gasteiger partial charge >= 0.3 is 0 Å². The number of H-pyrrole nitrogens is 1. The van der Waals surface area contributed by atoms with Gasteiger partial charge in [0.2, 0.25) is 12.3 Å². The molecule has 0 aliphatic heterocycles. The molecule has 0 saturated heterocycles. The lowest BCUT2D eigenvalue weighted by atomic mass is 10.1. The van der Waals surface area contributed by atoms with Crippen molar-refractivity contribution in [2.24, 2.45) is 0 Å². The third-order valence-corrected chi connectivity index (χ3v) is 5.75. The van der Waals surface area contributed by atoms with Crippen molar-refractivity contribution in [3.63, 3.8) is 0 Å². The summed E-state index contributed by atoms with van der Waals surface area (Å²) in [6, 6.07) is 18.0. The van der Waals surface area contributed by atoms with Crippen molar-refractivity contribution >= 4 is 29.7 Å².